The summed E-state index contributed by atoms with van der Waals surface area (Å²) in [5.41, 5.74) is 0.978. The van der Waals surface area contributed by atoms with Gasteiger partial charge in [0.25, 0.3) is 0 Å². The highest BCUT2D eigenvalue weighted by atomic mass is 35.5. The summed E-state index contributed by atoms with van der Waals surface area (Å²) in [7, 11) is 1.70. The molecule has 19 heavy (non-hydrogen) atoms. The maximum atomic E-state index is 12.1. The molecule has 1 aliphatic rings. The Hall–Kier alpha value is -1.55. The maximum absolute atomic E-state index is 12.1. The van der Waals surface area contributed by atoms with Gasteiger partial charge in [-0.25, -0.2) is 0 Å². The van der Waals surface area contributed by atoms with Crippen LogP contribution in [-0.4, -0.2) is 28.9 Å². The first-order valence-electron chi connectivity index (χ1n) is 6.21. The fourth-order valence-electron chi connectivity index (χ4n) is 2.32. The van der Waals surface area contributed by atoms with Crippen LogP contribution >= 0.6 is 11.6 Å². The molecule has 0 spiro atoms. The summed E-state index contributed by atoms with van der Waals surface area (Å²) < 4.78 is 0. The van der Waals surface area contributed by atoms with E-state index in [9.17, 15) is 9.59 Å². The molecule has 2 unspecified atom stereocenters. The number of amides is 1. The van der Waals surface area contributed by atoms with Crippen molar-refractivity contribution in [1.29, 1.82) is 0 Å². The lowest BCUT2D eigenvalue weighted by molar-refractivity contribution is -0.156. The first kappa shape index (κ1) is 13.9. The van der Waals surface area contributed by atoms with E-state index in [1.165, 1.54) is 0 Å². The minimum absolute atomic E-state index is 0.0893. The van der Waals surface area contributed by atoms with E-state index < -0.39 is 11.9 Å². The van der Waals surface area contributed by atoms with Crippen molar-refractivity contribution in [2.24, 2.45) is 11.8 Å². The van der Waals surface area contributed by atoms with Gasteiger partial charge in [0.2, 0.25) is 5.91 Å². The van der Waals surface area contributed by atoms with E-state index in [0.29, 0.717) is 24.4 Å². The third kappa shape index (κ3) is 3.07. The van der Waals surface area contributed by atoms with Crippen LogP contribution in [0.2, 0.25) is 5.02 Å². The summed E-state index contributed by atoms with van der Waals surface area (Å²) in [4.78, 5) is 24.7. The molecule has 1 saturated carbocycles. The molecule has 102 valence electrons. The van der Waals surface area contributed by atoms with E-state index >= 15 is 0 Å². The van der Waals surface area contributed by atoms with Crippen LogP contribution in [-0.2, 0) is 16.1 Å². The molecular formula is C14H16ClNO3. The van der Waals surface area contributed by atoms with Crippen molar-refractivity contribution in [3.63, 3.8) is 0 Å². The number of rotatable bonds is 4. The summed E-state index contributed by atoms with van der Waals surface area (Å²) in [6.45, 7) is 0.471. The van der Waals surface area contributed by atoms with Crippen molar-refractivity contribution in [3.05, 3.63) is 34.9 Å². The Morgan fingerprint density at radius 2 is 1.84 bits per heavy atom. The number of nitrogens with zero attached hydrogens (tertiary/aromatic N) is 1. The lowest BCUT2D eigenvalue weighted by Gasteiger charge is -2.35. The van der Waals surface area contributed by atoms with Gasteiger partial charge < -0.3 is 10.0 Å². The largest absolute Gasteiger partial charge is 0.481 e. The molecule has 1 aromatic rings. The summed E-state index contributed by atoms with van der Waals surface area (Å²) in [5, 5.41) is 9.62. The molecule has 0 saturated heterocycles. The zero-order chi connectivity index (χ0) is 14.0. The number of carboxylic acids is 1. The zero-order valence-corrected chi connectivity index (χ0v) is 11.4. The van der Waals surface area contributed by atoms with E-state index in [-0.39, 0.29) is 11.8 Å². The highest BCUT2D eigenvalue weighted by Crippen LogP contribution is 2.35. The van der Waals surface area contributed by atoms with Crippen LogP contribution in [0, 0.1) is 11.8 Å². The van der Waals surface area contributed by atoms with Crippen molar-refractivity contribution in [1.82, 2.24) is 4.90 Å². The minimum Gasteiger partial charge on any atom is -0.481 e. The van der Waals surface area contributed by atoms with Gasteiger partial charge in [-0.05, 0) is 30.5 Å². The van der Waals surface area contributed by atoms with Crippen LogP contribution in [0.25, 0.3) is 0 Å². The van der Waals surface area contributed by atoms with Crippen LogP contribution in [0.4, 0.5) is 0 Å². The predicted octanol–water partition coefficient (Wildman–Crippen LogP) is 2.41. The molecular weight excluding hydrogens is 266 g/mol. The number of hydrogen-bond acceptors (Lipinski definition) is 2. The van der Waals surface area contributed by atoms with Crippen molar-refractivity contribution >= 4 is 23.5 Å². The summed E-state index contributed by atoms with van der Waals surface area (Å²) >= 11 is 5.80. The number of halogens is 1. The van der Waals surface area contributed by atoms with Gasteiger partial charge in [-0.1, -0.05) is 23.7 Å². The van der Waals surface area contributed by atoms with E-state index in [1.54, 1.807) is 24.1 Å². The van der Waals surface area contributed by atoms with E-state index in [1.807, 2.05) is 12.1 Å². The third-order valence-corrected chi connectivity index (χ3v) is 3.87. The predicted molar refractivity (Wildman–Crippen MR) is 71.8 cm³/mol. The lowest BCUT2D eigenvalue weighted by Crippen LogP contribution is -2.44. The number of benzene rings is 1. The average molecular weight is 282 g/mol. The normalized spacial score (nSPS) is 21.6. The Kier molecular flexibility index (Phi) is 4.10. The monoisotopic (exact) mass is 281 g/mol. The van der Waals surface area contributed by atoms with Gasteiger partial charge in [-0.15, -0.1) is 0 Å². The van der Waals surface area contributed by atoms with Gasteiger partial charge in [0.1, 0.15) is 0 Å². The number of carboxylic acid groups (broad SMARTS) is 1. The second kappa shape index (κ2) is 5.61. The van der Waals surface area contributed by atoms with Gasteiger partial charge in [0.05, 0.1) is 11.8 Å². The Morgan fingerprint density at radius 3 is 2.32 bits per heavy atom. The molecule has 2 atom stereocenters. The second-order valence-electron chi connectivity index (χ2n) is 4.95. The molecule has 1 amide bonds. The minimum atomic E-state index is -0.871. The topological polar surface area (TPSA) is 57.6 Å². The maximum Gasteiger partial charge on any atom is 0.307 e. The molecule has 1 aromatic carbocycles. The molecule has 0 radical (unpaired) electrons. The van der Waals surface area contributed by atoms with E-state index in [0.717, 1.165) is 5.56 Å². The van der Waals surface area contributed by atoms with Crippen LogP contribution in [0.3, 0.4) is 0 Å². The molecule has 1 N–H and O–H groups in total. The van der Waals surface area contributed by atoms with Gasteiger partial charge in [-0.3, -0.25) is 9.59 Å². The first-order chi connectivity index (χ1) is 8.99. The van der Waals surface area contributed by atoms with Crippen molar-refractivity contribution in [3.8, 4) is 0 Å². The Morgan fingerprint density at radius 1 is 1.26 bits per heavy atom. The first-order valence-corrected chi connectivity index (χ1v) is 6.59. The quantitative estimate of drug-likeness (QED) is 0.922. The van der Waals surface area contributed by atoms with Crippen LogP contribution in [0.15, 0.2) is 24.3 Å². The van der Waals surface area contributed by atoms with Crippen LogP contribution < -0.4 is 0 Å². The highest BCUT2D eigenvalue weighted by molar-refractivity contribution is 6.30. The summed E-state index contributed by atoms with van der Waals surface area (Å²) in [6.07, 6.45) is 1.27. The summed E-state index contributed by atoms with van der Waals surface area (Å²) in [5.74, 6) is -1.84. The van der Waals surface area contributed by atoms with Crippen molar-refractivity contribution in [2.45, 2.75) is 19.4 Å². The van der Waals surface area contributed by atoms with Gasteiger partial charge in [-0.2, -0.15) is 0 Å². The van der Waals surface area contributed by atoms with Crippen molar-refractivity contribution < 1.29 is 14.7 Å². The van der Waals surface area contributed by atoms with E-state index in [2.05, 4.69) is 0 Å². The summed E-state index contributed by atoms with van der Waals surface area (Å²) in [6, 6.07) is 7.28. The molecule has 1 fully saturated rings. The smallest absolute Gasteiger partial charge is 0.307 e. The van der Waals surface area contributed by atoms with Crippen LogP contribution in [0.5, 0.6) is 0 Å². The molecule has 0 aliphatic heterocycles. The number of aliphatic carboxylic acids is 1. The molecule has 2 rings (SSSR count). The SMILES string of the molecule is CN(Cc1ccc(Cl)cc1)C(=O)C1CCC1C(=O)O. The molecule has 1 aliphatic carbocycles. The lowest BCUT2D eigenvalue weighted by atomic mass is 9.73. The number of hydrogen-bond donors (Lipinski definition) is 1. The fourth-order valence-corrected chi connectivity index (χ4v) is 2.44. The standard InChI is InChI=1S/C14H16ClNO3/c1-16(8-9-2-4-10(15)5-3-9)13(17)11-6-7-12(11)14(18)19/h2-5,11-12H,6-8H2,1H3,(H,18,19). The van der Waals surface area contributed by atoms with Gasteiger partial charge in [0.15, 0.2) is 0 Å². The van der Waals surface area contributed by atoms with Gasteiger partial charge >= 0.3 is 5.97 Å². The highest BCUT2D eigenvalue weighted by Gasteiger charge is 2.42. The Labute approximate surface area is 117 Å². The Bertz CT molecular complexity index is 486. The van der Waals surface area contributed by atoms with E-state index in [4.69, 9.17) is 16.7 Å². The van der Waals surface area contributed by atoms with Crippen LogP contribution in [0.1, 0.15) is 18.4 Å². The van der Waals surface area contributed by atoms with Gasteiger partial charge in [0, 0.05) is 18.6 Å². The zero-order valence-electron chi connectivity index (χ0n) is 10.7. The molecule has 0 aromatic heterocycles. The molecule has 4 nitrogen and oxygen atoms in total. The molecule has 0 bridgehead atoms. The third-order valence-electron chi connectivity index (χ3n) is 3.62. The van der Waals surface area contributed by atoms with Crippen molar-refractivity contribution in [2.75, 3.05) is 7.05 Å². The second-order valence-corrected chi connectivity index (χ2v) is 5.39. The fraction of sp³-hybridized carbons (Fsp3) is 0.429. The number of carbonyl (C=O) groups is 2. The Balaban J connectivity index is 1.96. The molecule has 0 heterocycles. The average Bonchev–Trinajstić information content (AvgIpc) is 2.29. The molecule has 5 heteroatoms. The number of carbonyl (C=O) groups excluding carboxylic acids is 1.